The van der Waals surface area contributed by atoms with Gasteiger partial charge >= 0.3 is 219 Å². The summed E-state index contributed by atoms with van der Waals surface area (Å²) < 4.78 is 5.45. The Morgan fingerprint density at radius 1 is 1.26 bits per heavy atom. The molecule has 12 heteroatoms. The summed E-state index contributed by atoms with van der Waals surface area (Å²) in [5.74, 6) is -2.91. The number of methoxy groups -OCH3 is 1. The number of ketones is 1. The van der Waals surface area contributed by atoms with Crippen LogP contribution in [0.2, 0.25) is 0 Å². The van der Waals surface area contributed by atoms with Gasteiger partial charge in [-0.2, -0.15) is 0 Å². The number of carbonyl (C=O) groups excluding carboxylic acids is 2. The van der Waals surface area contributed by atoms with Crippen LogP contribution in [-0.2, 0) is 27.3 Å². The number of hydrogen-bond acceptors (Lipinski definition) is 9. The molecule has 1 saturated heterocycles. The van der Waals surface area contributed by atoms with Gasteiger partial charge in [0, 0.05) is 7.11 Å². The van der Waals surface area contributed by atoms with E-state index in [0.717, 1.165) is 36.2 Å². The van der Waals surface area contributed by atoms with Crippen molar-refractivity contribution in [3.05, 3.63) is 39.7 Å². The van der Waals surface area contributed by atoms with Crippen molar-refractivity contribution >= 4 is 45.3 Å². The molecule has 1 aliphatic heterocycles. The first-order valence-electron chi connectivity index (χ1n) is 14.3. The van der Waals surface area contributed by atoms with Crippen LogP contribution in [-0.4, -0.2) is 115 Å². The zero-order valence-electron chi connectivity index (χ0n) is 25.0. The number of Topliss-reactive ketones (excluding diaryl/α,β-unsaturated/α-hetero) is 1. The molecule has 42 heavy (non-hydrogen) atoms. The maximum absolute atomic E-state index is 14.4. The number of likely N-dealkylation sites (N-methyl/N-ethyl adjacent to an activating group) is 1. The second-order valence-corrected chi connectivity index (χ2v) is 13.4. The van der Waals surface area contributed by atoms with Crippen molar-refractivity contribution in [2.24, 2.45) is 17.6 Å². The summed E-state index contributed by atoms with van der Waals surface area (Å²) in [5, 5.41) is 32.8. The molecule has 0 bridgehead atoms. The van der Waals surface area contributed by atoms with E-state index in [1.165, 1.54) is 0 Å². The van der Waals surface area contributed by atoms with E-state index in [1.807, 2.05) is 19.0 Å². The van der Waals surface area contributed by atoms with Gasteiger partial charge in [-0.15, -0.1) is 0 Å². The van der Waals surface area contributed by atoms with Gasteiger partial charge in [0.15, 0.2) is 0 Å². The van der Waals surface area contributed by atoms with E-state index in [4.69, 9.17) is 18.0 Å². The van der Waals surface area contributed by atoms with E-state index in [1.54, 1.807) is 32.2 Å². The Kier molecular flexibility index (Phi) is 8.11. The minimum atomic E-state index is -1.48. The van der Waals surface area contributed by atoms with Gasteiger partial charge in [-0.3, -0.25) is 0 Å². The van der Waals surface area contributed by atoms with Crippen LogP contribution < -0.4 is 10.6 Å². The molecule has 0 aromatic heterocycles. The van der Waals surface area contributed by atoms with Crippen LogP contribution in [0, 0.1) is 11.8 Å². The fraction of sp³-hybridized carbons (Fsp3) is 0.567. The van der Waals surface area contributed by atoms with Crippen molar-refractivity contribution in [3.63, 3.8) is 0 Å². The molecule has 1 heterocycles. The molecule has 1 radical (unpaired) electrons. The van der Waals surface area contributed by atoms with Crippen molar-refractivity contribution in [1.29, 1.82) is 0 Å². The molecule has 2 fully saturated rings. The van der Waals surface area contributed by atoms with Crippen LogP contribution in [0.15, 0.2) is 23.0 Å². The number of aliphatic hydroxyl groups excluding tert-OH is 2. The third kappa shape index (κ3) is 4.51. The number of nitrogens with two attached hydrogens (primary N) is 1. The molecule has 1 saturated carbocycles. The molecule has 6 atom stereocenters. The summed E-state index contributed by atoms with van der Waals surface area (Å²) in [6, 6.07) is 1.28. The minimum absolute atomic E-state index is 0.0913. The number of primary amides is 1. The molecule has 225 valence electrons. The zero-order chi connectivity index (χ0) is 30.8. The van der Waals surface area contributed by atoms with E-state index in [2.05, 4.69) is 14.1 Å². The second-order valence-electron chi connectivity index (χ2n) is 12.5. The predicted molar refractivity (Wildman–Crippen MR) is 167 cm³/mol. The number of rotatable bonds is 7. The predicted octanol–water partition coefficient (Wildman–Crippen LogP) is 1.30. The van der Waals surface area contributed by atoms with Crippen molar-refractivity contribution in [2.75, 3.05) is 53.4 Å². The third-order valence-electron chi connectivity index (χ3n) is 9.67. The summed E-state index contributed by atoms with van der Waals surface area (Å²) in [6.45, 7) is 2.18. The molecule has 3 aliphatic carbocycles. The van der Waals surface area contributed by atoms with Crippen LogP contribution >= 0.6 is 9.24 Å². The number of aliphatic hydroxyl groups is 2. The number of hydrogen-bond donors (Lipinski definition) is 4. The van der Waals surface area contributed by atoms with Crippen LogP contribution in [0.5, 0.6) is 5.75 Å². The average Bonchev–Trinajstić information content (AvgIpc) is 3.32. The Balaban J connectivity index is 1.65. The fourth-order valence-corrected chi connectivity index (χ4v) is 8.54. The van der Waals surface area contributed by atoms with Crippen molar-refractivity contribution < 1.29 is 29.6 Å². The van der Waals surface area contributed by atoms with Crippen LogP contribution in [0.25, 0.3) is 5.76 Å². The number of fused-ring (bicyclic) bond motifs is 3. The monoisotopic (exact) mass is 595 g/mol. The number of carbonyl (C=O) groups is 2. The number of allylic oxidation sites excluding steroid dienone is 1. The SMILES string of the molecule is [B]=C1C(C(N)=O)=C(O)[C@@H](N(C)C)[C@@H]2C[C@@H]3Cc4c(c(O)cc(CN5CCC[C@H]5COC)c4N(C)C)C(O)=C3C(=O)[C@]12P. The molecular formula is C30H41BN4O6P. The molecule has 0 spiro atoms. The number of aromatic hydroxyl groups is 1. The van der Waals surface area contributed by atoms with Gasteiger partial charge in [0.25, 0.3) is 0 Å². The Hall–Kier alpha value is -2.72. The summed E-state index contributed by atoms with van der Waals surface area (Å²) >= 11 is 0. The molecule has 1 aromatic carbocycles. The Morgan fingerprint density at radius 3 is 2.55 bits per heavy atom. The maximum atomic E-state index is 14.4. The number of anilines is 1. The topological polar surface area (TPSA) is 140 Å². The molecule has 1 amide bonds. The van der Waals surface area contributed by atoms with E-state index in [0.29, 0.717) is 26.0 Å². The molecule has 5 N–H and O–H groups in total. The summed E-state index contributed by atoms with van der Waals surface area (Å²) in [7, 11) is 18.1. The molecular weight excluding hydrogens is 554 g/mol. The van der Waals surface area contributed by atoms with Crippen LogP contribution in [0.1, 0.15) is 36.0 Å². The first-order valence-corrected chi connectivity index (χ1v) is 14.9. The number of phenols is 1. The number of nitrogens with zero attached hydrogens (tertiary/aromatic N) is 3. The van der Waals surface area contributed by atoms with Gasteiger partial charge in [0.2, 0.25) is 0 Å². The van der Waals surface area contributed by atoms with E-state index in [9.17, 15) is 24.9 Å². The molecule has 4 aliphatic rings. The van der Waals surface area contributed by atoms with Gasteiger partial charge in [0.1, 0.15) is 0 Å². The van der Waals surface area contributed by atoms with E-state index < -0.39 is 34.7 Å². The molecule has 1 aromatic rings. The van der Waals surface area contributed by atoms with Gasteiger partial charge in [-0.05, 0) is 12.8 Å². The van der Waals surface area contributed by atoms with Crippen molar-refractivity contribution in [2.45, 2.75) is 49.5 Å². The number of ether oxygens (including phenoxy) is 1. The second kappa shape index (κ2) is 11.1. The van der Waals surface area contributed by atoms with Gasteiger partial charge in [0.05, 0.1) is 6.61 Å². The first-order chi connectivity index (χ1) is 19.7. The first kappa shape index (κ1) is 30.7. The summed E-state index contributed by atoms with van der Waals surface area (Å²) in [5.41, 5.74) is 8.27. The number of amides is 1. The molecule has 10 nitrogen and oxygen atoms in total. The quantitative estimate of drug-likeness (QED) is 0.271. The number of phenolic OH excluding ortho intramolecular Hbond substituents is 1. The number of likely N-dealkylation sites (tertiary alicyclic amines) is 1. The Labute approximate surface area is 250 Å². The zero-order valence-corrected chi connectivity index (χ0v) is 26.1. The van der Waals surface area contributed by atoms with E-state index in [-0.39, 0.29) is 45.5 Å². The number of benzene rings is 1. The van der Waals surface area contributed by atoms with Crippen LogP contribution in [0.3, 0.4) is 0 Å². The van der Waals surface area contributed by atoms with Gasteiger partial charge in [-0.1, -0.05) is 0 Å². The Morgan fingerprint density at radius 2 is 1.95 bits per heavy atom. The van der Waals surface area contributed by atoms with Gasteiger partial charge in [-0.25, -0.2) is 0 Å². The summed E-state index contributed by atoms with van der Waals surface area (Å²) in [4.78, 5) is 32.9. The third-order valence-corrected chi connectivity index (χ3v) is 10.7. The normalized spacial score (nSPS) is 29.6. The van der Waals surface area contributed by atoms with Crippen molar-refractivity contribution in [1.82, 2.24) is 9.80 Å². The molecule has 5 rings (SSSR count). The average molecular weight is 595 g/mol. The van der Waals surface area contributed by atoms with E-state index >= 15 is 0 Å². The standard InChI is InChI=1S/C30H41BN4O6P/c1-33(2)23-15(12-35-8-6-7-16(35)13-41-5)11-19(36)21-17(23)9-14-10-18-24(34(3)4)26(38)22(29(32)40)27(31)30(18,42)28(39)20(14)25(21)37/h11,14,16,18,24,36-38H,6-10,12-13,42H2,1-5H3,(H2,32,40)/t14-,16-,18-,24-,30+/m0/s1. The van der Waals surface area contributed by atoms with Gasteiger partial charge < -0.3 is 4.74 Å². The fourth-order valence-electron chi connectivity index (χ4n) is 7.92. The summed E-state index contributed by atoms with van der Waals surface area (Å²) in [6.07, 6.45) is 2.92. The van der Waals surface area contributed by atoms with Crippen molar-refractivity contribution in [3.8, 4) is 5.75 Å². The Bertz CT molecular complexity index is 1420. The molecule has 1 unspecified atom stereocenters. The van der Waals surface area contributed by atoms with Crippen LogP contribution in [0.4, 0.5) is 5.69 Å².